The molecule has 0 aromatic heterocycles. The van der Waals surface area contributed by atoms with E-state index in [1.165, 1.54) is 24.5 Å². The first-order valence-electron chi connectivity index (χ1n) is 6.78. The van der Waals surface area contributed by atoms with Crippen LogP contribution in [0.2, 0.25) is 0 Å². The highest BCUT2D eigenvalue weighted by atomic mass is 19.1. The van der Waals surface area contributed by atoms with E-state index in [0.29, 0.717) is 17.8 Å². The lowest BCUT2D eigenvalue weighted by Gasteiger charge is -2.09. The molecule has 2 nitrogen and oxygen atoms in total. The molecule has 3 heteroatoms. The summed E-state index contributed by atoms with van der Waals surface area (Å²) in [4.78, 5) is 0. The number of rotatable bonds is 4. The Morgan fingerprint density at radius 3 is 2.75 bits per heavy atom. The van der Waals surface area contributed by atoms with Gasteiger partial charge in [0.25, 0.3) is 0 Å². The van der Waals surface area contributed by atoms with Crippen molar-refractivity contribution >= 4 is 5.69 Å². The Labute approximate surface area is 117 Å². The van der Waals surface area contributed by atoms with E-state index in [0.717, 1.165) is 11.5 Å². The largest absolute Gasteiger partial charge is 0.379 e. The van der Waals surface area contributed by atoms with Crippen LogP contribution >= 0.6 is 0 Å². The zero-order valence-corrected chi connectivity index (χ0v) is 11.1. The molecule has 0 aliphatic heterocycles. The van der Waals surface area contributed by atoms with Crippen LogP contribution in [-0.2, 0) is 6.54 Å². The summed E-state index contributed by atoms with van der Waals surface area (Å²) in [6.45, 7) is 0.587. The van der Waals surface area contributed by atoms with E-state index in [4.69, 9.17) is 5.26 Å². The molecule has 0 bridgehead atoms. The summed E-state index contributed by atoms with van der Waals surface area (Å²) in [6.07, 6.45) is 2.56. The van der Waals surface area contributed by atoms with Crippen LogP contribution < -0.4 is 5.32 Å². The average Bonchev–Trinajstić information content (AvgIpc) is 3.31. The van der Waals surface area contributed by atoms with E-state index >= 15 is 0 Å². The summed E-state index contributed by atoms with van der Waals surface area (Å²) >= 11 is 0. The van der Waals surface area contributed by atoms with Crippen LogP contribution in [0.15, 0.2) is 42.5 Å². The van der Waals surface area contributed by atoms with Crippen molar-refractivity contribution in [1.82, 2.24) is 0 Å². The normalized spacial score (nSPS) is 13.8. The summed E-state index contributed by atoms with van der Waals surface area (Å²) in [7, 11) is 0. The molecular weight excluding hydrogens is 251 g/mol. The number of anilines is 1. The Hall–Kier alpha value is -2.34. The number of nitrogens with zero attached hydrogens (tertiary/aromatic N) is 1. The van der Waals surface area contributed by atoms with Gasteiger partial charge >= 0.3 is 0 Å². The Balaban J connectivity index is 1.70. The number of benzene rings is 2. The monoisotopic (exact) mass is 266 g/mol. The molecule has 0 amide bonds. The summed E-state index contributed by atoms with van der Waals surface area (Å²) in [6, 6.07) is 14.8. The minimum atomic E-state index is -0.387. The van der Waals surface area contributed by atoms with Gasteiger partial charge in [0.15, 0.2) is 0 Å². The fourth-order valence-corrected chi connectivity index (χ4v) is 2.30. The Morgan fingerprint density at radius 2 is 2.05 bits per heavy atom. The van der Waals surface area contributed by atoms with Crippen molar-refractivity contribution in [2.24, 2.45) is 0 Å². The molecule has 1 aliphatic rings. The Kier molecular flexibility index (Phi) is 3.39. The van der Waals surface area contributed by atoms with Gasteiger partial charge in [-0.2, -0.15) is 5.26 Å². The highest BCUT2D eigenvalue weighted by molar-refractivity contribution is 5.49. The third-order valence-corrected chi connectivity index (χ3v) is 3.58. The molecule has 100 valence electrons. The molecule has 2 aromatic carbocycles. The van der Waals surface area contributed by atoms with Crippen LogP contribution in [0, 0.1) is 17.1 Å². The predicted molar refractivity (Wildman–Crippen MR) is 76.9 cm³/mol. The van der Waals surface area contributed by atoms with Gasteiger partial charge in [-0.15, -0.1) is 0 Å². The van der Waals surface area contributed by atoms with E-state index in [1.54, 1.807) is 12.1 Å². The summed E-state index contributed by atoms with van der Waals surface area (Å²) in [5, 5.41) is 11.8. The first-order chi connectivity index (χ1) is 9.76. The van der Waals surface area contributed by atoms with Crippen LogP contribution in [0.3, 0.4) is 0 Å². The van der Waals surface area contributed by atoms with Gasteiger partial charge in [0.05, 0.1) is 17.3 Å². The molecule has 2 aromatic rings. The van der Waals surface area contributed by atoms with Gasteiger partial charge in [0.2, 0.25) is 0 Å². The van der Waals surface area contributed by atoms with Crippen molar-refractivity contribution in [2.45, 2.75) is 25.3 Å². The standard InChI is InChI=1S/C17H15FN2/c18-16-9-12(10-19)4-7-17(16)20-11-13-2-1-3-15(8-13)14-5-6-14/h1-4,7-9,14,20H,5-6,11H2. The van der Waals surface area contributed by atoms with Crippen LogP contribution in [-0.4, -0.2) is 0 Å². The number of nitriles is 1. The zero-order valence-electron chi connectivity index (χ0n) is 11.1. The van der Waals surface area contributed by atoms with E-state index in [9.17, 15) is 4.39 Å². The van der Waals surface area contributed by atoms with Crippen LogP contribution in [0.5, 0.6) is 0 Å². The molecule has 1 fully saturated rings. The second kappa shape index (κ2) is 5.34. The van der Waals surface area contributed by atoms with Crippen molar-refractivity contribution in [3.63, 3.8) is 0 Å². The minimum Gasteiger partial charge on any atom is -0.379 e. The number of hydrogen-bond acceptors (Lipinski definition) is 2. The van der Waals surface area contributed by atoms with Gasteiger partial charge in [-0.1, -0.05) is 24.3 Å². The predicted octanol–water partition coefficient (Wildman–Crippen LogP) is 4.19. The Bertz CT molecular complexity index is 669. The lowest BCUT2D eigenvalue weighted by Crippen LogP contribution is -2.02. The van der Waals surface area contributed by atoms with Crippen molar-refractivity contribution in [3.8, 4) is 6.07 Å². The van der Waals surface area contributed by atoms with Gasteiger partial charge in [-0.3, -0.25) is 0 Å². The second-order valence-electron chi connectivity index (χ2n) is 5.18. The molecule has 0 atom stereocenters. The molecule has 0 spiro atoms. The van der Waals surface area contributed by atoms with E-state index in [2.05, 4.69) is 23.5 Å². The zero-order chi connectivity index (χ0) is 13.9. The fraction of sp³-hybridized carbons (Fsp3) is 0.235. The van der Waals surface area contributed by atoms with E-state index in [1.807, 2.05) is 12.1 Å². The lowest BCUT2D eigenvalue weighted by atomic mass is 10.1. The van der Waals surface area contributed by atoms with Crippen molar-refractivity contribution in [1.29, 1.82) is 5.26 Å². The van der Waals surface area contributed by atoms with Gasteiger partial charge in [0.1, 0.15) is 5.82 Å². The highest BCUT2D eigenvalue weighted by Gasteiger charge is 2.23. The summed E-state index contributed by atoms with van der Waals surface area (Å²) in [5.74, 6) is 0.337. The van der Waals surface area contributed by atoms with Gasteiger partial charge < -0.3 is 5.32 Å². The third-order valence-electron chi connectivity index (χ3n) is 3.58. The van der Waals surface area contributed by atoms with Gasteiger partial charge in [0, 0.05) is 6.54 Å². The van der Waals surface area contributed by atoms with E-state index in [-0.39, 0.29) is 5.82 Å². The topological polar surface area (TPSA) is 35.8 Å². The SMILES string of the molecule is N#Cc1ccc(NCc2cccc(C3CC3)c2)c(F)c1. The Morgan fingerprint density at radius 1 is 1.20 bits per heavy atom. The molecule has 20 heavy (non-hydrogen) atoms. The van der Waals surface area contributed by atoms with Crippen molar-refractivity contribution < 1.29 is 4.39 Å². The van der Waals surface area contributed by atoms with Gasteiger partial charge in [-0.05, 0) is 48.1 Å². The smallest absolute Gasteiger partial charge is 0.147 e. The van der Waals surface area contributed by atoms with Crippen LogP contribution in [0.4, 0.5) is 10.1 Å². The fourth-order valence-electron chi connectivity index (χ4n) is 2.30. The molecule has 0 heterocycles. The quantitative estimate of drug-likeness (QED) is 0.900. The maximum absolute atomic E-state index is 13.7. The minimum absolute atomic E-state index is 0.337. The third kappa shape index (κ3) is 2.80. The maximum Gasteiger partial charge on any atom is 0.147 e. The lowest BCUT2D eigenvalue weighted by molar-refractivity contribution is 0.629. The molecule has 0 radical (unpaired) electrons. The number of halogens is 1. The first-order valence-corrected chi connectivity index (χ1v) is 6.78. The van der Waals surface area contributed by atoms with Crippen molar-refractivity contribution in [3.05, 3.63) is 65.0 Å². The molecule has 1 N–H and O–H groups in total. The second-order valence-corrected chi connectivity index (χ2v) is 5.18. The molecule has 0 unspecified atom stereocenters. The van der Waals surface area contributed by atoms with E-state index < -0.39 is 0 Å². The molecule has 1 saturated carbocycles. The van der Waals surface area contributed by atoms with Crippen LogP contribution in [0.25, 0.3) is 0 Å². The summed E-state index contributed by atoms with van der Waals surface area (Å²) < 4.78 is 13.7. The first kappa shape index (κ1) is 12.7. The summed E-state index contributed by atoms with van der Waals surface area (Å²) in [5.41, 5.74) is 3.30. The molecule has 0 saturated heterocycles. The average molecular weight is 266 g/mol. The van der Waals surface area contributed by atoms with Crippen LogP contribution in [0.1, 0.15) is 35.4 Å². The highest BCUT2D eigenvalue weighted by Crippen LogP contribution is 2.40. The molecule has 3 rings (SSSR count). The number of nitrogens with one attached hydrogen (secondary N) is 1. The maximum atomic E-state index is 13.7. The number of hydrogen-bond donors (Lipinski definition) is 1. The van der Waals surface area contributed by atoms with Gasteiger partial charge in [-0.25, -0.2) is 4.39 Å². The van der Waals surface area contributed by atoms with Crippen molar-refractivity contribution in [2.75, 3.05) is 5.32 Å². The molecule has 1 aliphatic carbocycles. The molecular formula is C17H15FN2.